The number of rotatable bonds is 4. The Morgan fingerprint density at radius 1 is 1.15 bits per heavy atom. The van der Waals surface area contributed by atoms with Gasteiger partial charge in [-0.3, -0.25) is 4.79 Å². The monoisotopic (exact) mass is 475 g/mol. The van der Waals surface area contributed by atoms with Gasteiger partial charge in [0.1, 0.15) is 17.7 Å². The van der Waals surface area contributed by atoms with E-state index in [2.05, 4.69) is 25.0 Å². The molecule has 11 heteroatoms. The lowest BCUT2D eigenvalue weighted by atomic mass is 9.89. The van der Waals surface area contributed by atoms with Crippen LogP contribution in [0.15, 0.2) is 36.5 Å². The molecular formula is C23H24F3N5O3. The second-order valence-electron chi connectivity index (χ2n) is 8.42. The molecule has 2 N–H and O–H groups in total. The third-order valence-corrected chi connectivity index (χ3v) is 6.23. The van der Waals surface area contributed by atoms with Crippen molar-refractivity contribution in [1.29, 1.82) is 0 Å². The number of likely N-dealkylation sites (tertiary alicyclic amines) is 1. The Morgan fingerprint density at radius 2 is 1.91 bits per heavy atom. The predicted octanol–water partition coefficient (Wildman–Crippen LogP) is 3.54. The summed E-state index contributed by atoms with van der Waals surface area (Å²) < 4.78 is 46.7. The van der Waals surface area contributed by atoms with Crippen molar-refractivity contribution >= 4 is 17.1 Å². The van der Waals surface area contributed by atoms with Crippen molar-refractivity contribution in [3.63, 3.8) is 0 Å². The number of nitrogens with one attached hydrogen (secondary N) is 2. The quantitative estimate of drug-likeness (QED) is 0.600. The van der Waals surface area contributed by atoms with Crippen molar-refractivity contribution in [3.05, 3.63) is 53.5 Å². The average molecular weight is 475 g/mol. The number of amides is 1. The lowest BCUT2D eigenvalue weighted by molar-refractivity contribution is -0.274. The van der Waals surface area contributed by atoms with E-state index < -0.39 is 6.36 Å². The van der Waals surface area contributed by atoms with Crippen LogP contribution >= 0.6 is 0 Å². The molecule has 0 aliphatic carbocycles. The summed E-state index contributed by atoms with van der Waals surface area (Å²) >= 11 is 0. The molecule has 1 amide bonds. The van der Waals surface area contributed by atoms with Gasteiger partial charge in [0.2, 0.25) is 0 Å². The summed E-state index contributed by atoms with van der Waals surface area (Å²) in [7, 11) is 0. The molecular weight excluding hydrogens is 451 g/mol. The highest BCUT2D eigenvalue weighted by Gasteiger charge is 2.31. The van der Waals surface area contributed by atoms with Gasteiger partial charge in [0.05, 0.1) is 12.1 Å². The van der Waals surface area contributed by atoms with Crippen LogP contribution in [0.4, 0.5) is 13.2 Å². The first-order valence-corrected chi connectivity index (χ1v) is 11.2. The van der Waals surface area contributed by atoms with E-state index in [9.17, 15) is 18.0 Å². The van der Waals surface area contributed by atoms with E-state index in [1.54, 1.807) is 11.1 Å². The van der Waals surface area contributed by atoms with Crippen molar-refractivity contribution in [3.8, 4) is 5.75 Å². The molecule has 5 rings (SSSR count). The van der Waals surface area contributed by atoms with Crippen molar-refractivity contribution in [2.75, 3.05) is 32.8 Å². The maximum atomic E-state index is 12.8. The number of halogens is 3. The standard InChI is InChI=1S/C23H24F3N5O3/c24-23(25,26)34-16-3-1-15(2-4-16)22(32)31-10-6-14(7-11-31)17-5-8-28-21-19(17)29-20(30-21)18-13-27-9-12-33-18/h1-5,8,14,18,27H,6-7,9-13H2,(H,28,29,30)/t18-/m0/s1. The minimum absolute atomic E-state index is 0.136. The van der Waals surface area contributed by atoms with Gasteiger partial charge < -0.3 is 24.7 Å². The van der Waals surface area contributed by atoms with Gasteiger partial charge in [-0.15, -0.1) is 13.2 Å². The molecule has 2 fully saturated rings. The highest BCUT2D eigenvalue weighted by Crippen LogP contribution is 2.33. The number of pyridine rings is 1. The van der Waals surface area contributed by atoms with E-state index in [0.29, 0.717) is 37.5 Å². The van der Waals surface area contributed by atoms with Crippen LogP contribution in [0.5, 0.6) is 5.75 Å². The number of fused-ring (bicyclic) bond motifs is 1. The predicted molar refractivity (Wildman–Crippen MR) is 116 cm³/mol. The lowest BCUT2D eigenvalue weighted by Gasteiger charge is -2.32. The van der Waals surface area contributed by atoms with Crippen LogP contribution in [0.3, 0.4) is 0 Å². The summed E-state index contributed by atoms with van der Waals surface area (Å²) in [4.78, 5) is 27.0. The van der Waals surface area contributed by atoms with Gasteiger partial charge in [0.15, 0.2) is 5.65 Å². The minimum Gasteiger partial charge on any atom is -0.406 e. The van der Waals surface area contributed by atoms with Crippen LogP contribution in [0.2, 0.25) is 0 Å². The highest BCUT2D eigenvalue weighted by atomic mass is 19.4. The number of hydrogen-bond acceptors (Lipinski definition) is 6. The van der Waals surface area contributed by atoms with Crippen LogP contribution in [0.1, 0.15) is 46.6 Å². The molecule has 0 radical (unpaired) electrons. The molecule has 4 heterocycles. The first-order chi connectivity index (χ1) is 16.4. The number of alkyl halides is 3. The van der Waals surface area contributed by atoms with Crippen LogP contribution in [-0.4, -0.2) is 64.9 Å². The van der Waals surface area contributed by atoms with Gasteiger partial charge in [0, 0.05) is 37.9 Å². The van der Waals surface area contributed by atoms with Gasteiger partial charge >= 0.3 is 6.36 Å². The Morgan fingerprint density at radius 3 is 2.59 bits per heavy atom. The van der Waals surface area contributed by atoms with E-state index in [1.807, 2.05) is 6.07 Å². The van der Waals surface area contributed by atoms with Gasteiger partial charge in [0.25, 0.3) is 5.91 Å². The fraction of sp³-hybridized carbons (Fsp3) is 0.435. The second kappa shape index (κ2) is 9.22. The number of H-pyrrole nitrogens is 1. The zero-order valence-corrected chi connectivity index (χ0v) is 18.3. The minimum atomic E-state index is -4.76. The summed E-state index contributed by atoms with van der Waals surface area (Å²) in [5.41, 5.74) is 3.00. The number of ether oxygens (including phenoxy) is 2. The Hall–Kier alpha value is -3.18. The Kier molecular flexibility index (Phi) is 6.13. The van der Waals surface area contributed by atoms with Crippen molar-refractivity contribution in [2.45, 2.75) is 31.2 Å². The summed E-state index contributed by atoms with van der Waals surface area (Å²) in [6.07, 6.45) is -1.62. The molecule has 1 atom stereocenters. The number of aromatic nitrogens is 3. The first-order valence-electron chi connectivity index (χ1n) is 11.2. The van der Waals surface area contributed by atoms with Gasteiger partial charge in [-0.1, -0.05) is 0 Å². The van der Waals surface area contributed by atoms with Crippen molar-refractivity contribution < 1.29 is 27.4 Å². The lowest BCUT2D eigenvalue weighted by Crippen LogP contribution is -2.38. The number of nitrogens with zero attached hydrogens (tertiary/aromatic N) is 3. The Labute approximate surface area is 193 Å². The number of hydrogen-bond donors (Lipinski definition) is 2. The fourth-order valence-electron chi connectivity index (χ4n) is 4.56. The number of benzene rings is 1. The molecule has 0 spiro atoms. The molecule has 34 heavy (non-hydrogen) atoms. The molecule has 0 unspecified atom stereocenters. The molecule has 2 saturated heterocycles. The molecule has 2 aromatic heterocycles. The molecule has 0 saturated carbocycles. The van der Waals surface area contributed by atoms with Crippen LogP contribution in [0.25, 0.3) is 11.2 Å². The highest BCUT2D eigenvalue weighted by molar-refractivity contribution is 5.94. The van der Waals surface area contributed by atoms with Gasteiger partial charge in [-0.25, -0.2) is 9.97 Å². The molecule has 8 nitrogen and oxygen atoms in total. The van der Waals surface area contributed by atoms with Crippen molar-refractivity contribution in [1.82, 2.24) is 25.2 Å². The summed E-state index contributed by atoms with van der Waals surface area (Å²) in [5.74, 6) is 0.434. The fourth-order valence-corrected chi connectivity index (χ4v) is 4.56. The first kappa shape index (κ1) is 22.6. The number of piperidine rings is 1. The van der Waals surface area contributed by atoms with E-state index in [0.717, 1.165) is 48.4 Å². The number of aromatic amines is 1. The average Bonchev–Trinajstić information content (AvgIpc) is 3.28. The van der Waals surface area contributed by atoms with Gasteiger partial charge in [-0.2, -0.15) is 0 Å². The third kappa shape index (κ3) is 4.85. The van der Waals surface area contributed by atoms with Gasteiger partial charge in [-0.05, 0) is 54.7 Å². The molecule has 180 valence electrons. The normalized spacial score (nSPS) is 20.0. The zero-order chi connectivity index (χ0) is 23.7. The smallest absolute Gasteiger partial charge is 0.406 e. The largest absolute Gasteiger partial charge is 0.573 e. The Bertz CT molecular complexity index is 1150. The number of carbonyl (C=O) groups excluding carboxylic acids is 1. The number of imidazole rings is 1. The molecule has 1 aromatic carbocycles. The van der Waals surface area contributed by atoms with Crippen LogP contribution in [-0.2, 0) is 4.74 Å². The number of morpholine rings is 1. The third-order valence-electron chi connectivity index (χ3n) is 6.23. The molecule has 3 aromatic rings. The van der Waals surface area contributed by atoms with Crippen LogP contribution in [0, 0.1) is 0 Å². The number of carbonyl (C=O) groups is 1. The Balaban J connectivity index is 1.25. The topological polar surface area (TPSA) is 92.4 Å². The second-order valence-corrected chi connectivity index (χ2v) is 8.42. The molecule has 0 bridgehead atoms. The summed E-state index contributed by atoms with van der Waals surface area (Å²) in [6, 6.07) is 7.02. The summed E-state index contributed by atoms with van der Waals surface area (Å²) in [5, 5.41) is 3.30. The summed E-state index contributed by atoms with van der Waals surface area (Å²) in [6.45, 7) is 3.24. The van der Waals surface area contributed by atoms with E-state index in [1.165, 1.54) is 12.1 Å². The van der Waals surface area contributed by atoms with E-state index in [-0.39, 0.29) is 23.7 Å². The SMILES string of the molecule is O=C(c1ccc(OC(F)(F)F)cc1)N1CCC(c2ccnc3nc([C@@H]4CNCCO4)[nH]c23)CC1. The maximum Gasteiger partial charge on any atom is 0.573 e. The van der Waals surface area contributed by atoms with Crippen molar-refractivity contribution in [2.24, 2.45) is 0 Å². The molecule has 2 aliphatic heterocycles. The van der Waals surface area contributed by atoms with E-state index >= 15 is 0 Å². The maximum absolute atomic E-state index is 12.8. The zero-order valence-electron chi connectivity index (χ0n) is 18.3. The molecule has 2 aliphatic rings. The van der Waals surface area contributed by atoms with Crippen LogP contribution < -0.4 is 10.1 Å². The van der Waals surface area contributed by atoms with E-state index in [4.69, 9.17) is 4.74 Å².